The van der Waals surface area contributed by atoms with Crippen molar-refractivity contribution < 1.29 is 38.5 Å². The first-order valence-corrected chi connectivity index (χ1v) is 14.2. The summed E-state index contributed by atoms with van der Waals surface area (Å²) in [6.45, 7) is 2.46. The quantitative estimate of drug-likeness (QED) is 0.0801. The van der Waals surface area contributed by atoms with Gasteiger partial charge in [-0.1, -0.05) is 96.8 Å². The average Bonchev–Trinajstić information content (AvgIpc) is 2.81. The molecule has 2 atom stereocenters. The van der Waals surface area contributed by atoms with E-state index in [1.165, 1.54) is 77.0 Å². The molecule has 0 fully saturated rings. The maximum absolute atomic E-state index is 11.9. The van der Waals surface area contributed by atoms with Gasteiger partial charge in [-0.3, -0.25) is 4.79 Å². The van der Waals surface area contributed by atoms with Crippen LogP contribution in [-0.2, 0) is 23.8 Å². The molecule has 0 rings (SSSR count). The normalized spacial score (nSPS) is 13.5. The van der Waals surface area contributed by atoms with Gasteiger partial charge >= 0.3 is 5.97 Å². The summed E-state index contributed by atoms with van der Waals surface area (Å²) in [4.78, 5) is 23.0. The summed E-state index contributed by atoms with van der Waals surface area (Å²) in [5, 5.41) is 21.0. The van der Waals surface area contributed by atoms with Gasteiger partial charge in [0.15, 0.2) is 6.29 Å². The van der Waals surface area contributed by atoms with Crippen LogP contribution in [0.3, 0.4) is 0 Å². The third kappa shape index (κ3) is 24.5. The van der Waals surface area contributed by atoms with Crippen molar-refractivity contribution in [1.82, 2.24) is 0 Å². The first-order chi connectivity index (χ1) is 17.2. The number of carbonyl (C=O) groups excluding carboxylic acids is 2. The fourth-order valence-electron chi connectivity index (χ4n) is 3.77. The molecule has 0 spiro atoms. The van der Waals surface area contributed by atoms with Gasteiger partial charge in [-0.05, 0) is 6.42 Å². The topological polar surface area (TPSA) is 105 Å². The summed E-state index contributed by atoms with van der Waals surface area (Å²) in [7, 11) is 5.86. The van der Waals surface area contributed by atoms with E-state index in [4.69, 9.17) is 14.2 Å². The summed E-state index contributed by atoms with van der Waals surface area (Å²) < 4.78 is 15.9. The zero-order chi connectivity index (χ0) is 27.1. The summed E-state index contributed by atoms with van der Waals surface area (Å²) >= 11 is 0. The lowest BCUT2D eigenvalue weighted by Gasteiger charge is -2.26. The molecule has 0 saturated heterocycles. The number of carboxylic acid groups (broad SMARTS) is 1. The zero-order valence-corrected chi connectivity index (χ0v) is 23.6. The second-order valence-corrected chi connectivity index (χ2v) is 10.9. The Balaban J connectivity index is 3.60. The number of aliphatic hydroxyl groups is 1. The highest BCUT2D eigenvalue weighted by Gasteiger charge is 2.17. The molecule has 0 heterocycles. The Morgan fingerprint density at radius 1 is 0.750 bits per heavy atom. The number of quaternary nitrogens is 1. The van der Waals surface area contributed by atoms with Crippen LogP contribution in [0.1, 0.15) is 110 Å². The maximum atomic E-state index is 11.9. The Hall–Kier alpha value is -1.22. The van der Waals surface area contributed by atoms with Crippen molar-refractivity contribution in [2.45, 2.75) is 122 Å². The van der Waals surface area contributed by atoms with Crippen LogP contribution in [-0.4, -0.2) is 81.4 Å². The standard InChI is InChI=1S/C28H55NO7/c1-5-6-7-8-9-10-11-12-13-14-15-16-17-18-19-20-26(31)35-23-25(30)24-36-28(27(32)33)34-22-21-29(2,3)4/h25,28,30H,5-24H2,1-4H3. The number of ether oxygens (including phenoxy) is 3. The third-order valence-corrected chi connectivity index (χ3v) is 6.08. The minimum Gasteiger partial charge on any atom is -0.545 e. The van der Waals surface area contributed by atoms with Crippen molar-refractivity contribution in [3.63, 3.8) is 0 Å². The van der Waals surface area contributed by atoms with Crippen LogP contribution >= 0.6 is 0 Å². The molecule has 0 saturated carbocycles. The number of hydrogen-bond acceptors (Lipinski definition) is 7. The molecule has 0 aliphatic carbocycles. The van der Waals surface area contributed by atoms with E-state index in [0.29, 0.717) is 17.4 Å². The highest BCUT2D eigenvalue weighted by atomic mass is 16.7. The minimum absolute atomic E-state index is 0.173. The summed E-state index contributed by atoms with van der Waals surface area (Å²) in [5.41, 5.74) is 0. The van der Waals surface area contributed by atoms with E-state index in [1.807, 2.05) is 21.1 Å². The van der Waals surface area contributed by atoms with Gasteiger partial charge in [0.05, 0.1) is 40.3 Å². The number of nitrogens with zero attached hydrogens (tertiary/aromatic N) is 1. The van der Waals surface area contributed by atoms with Crippen molar-refractivity contribution >= 4 is 11.9 Å². The summed E-state index contributed by atoms with van der Waals surface area (Å²) in [6, 6.07) is 0. The summed E-state index contributed by atoms with van der Waals surface area (Å²) in [6.07, 6.45) is 16.6. The Morgan fingerprint density at radius 2 is 1.22 bits per heavy atom. The molecule has 0 aromatic heterocycles. The monoisotopic (exact) mass is 517 g/mol. The number of likely N-dealkylation sites (N-methyl/N-ethyl adjacent to an activating group) is 1. The maximum Gasteiger partial charge on any atom is 0.305 e. The molecule has 36 heavy (non-hydrogen) atoms. The van der Waals surface area contributed by atoms with E-state index in [2.05, 4.69) is 6.92 Å². The van der Waals surface area contributed by atoms with Crippen LogP contribution in [0, 0.1) is 0 Å². The number of rotatable bonds is 26. The number of hydrogen-bond donors (Lipinski definition) is 1. The first-order valence-electron chi connectivity index (χ1n) is 14.2. The molecule has 0 bridgehead atoms. The summed E-state index contributed by atoms with van der Waals surface area (Å²) in [5.74, 6) is -1.87. The van der Waals surface area contributed by atoms with E-state index < -0.39 is 18.4 Å². The van der Waals surface area contributed by atoms with Gasteiger partial charge in [0, 0.05) is 6.42 Å². The van der Waals surface area contributed by atoms with Crippen LogP contribution in [0.25, 0.3) is 0 Å². The molecule has 0 aromatic carbocycles. The van der Waals surface area contributed by atoms with Crippen LogP contribution in [0.5, 0.6) is 0 Å². The molecule has 0 radical (unpaired) electrons. The lowest BCUT2D eigenvalue weighted by Crippen LogP contribution is -2.44. The second kappa shape index (κ2) is 22.9. The lowest BCUT2D eigenvalue weighted by molar-refractivity contribution is -0.870. The Labute approximate surface area is 220 Å². The zero-order valence-electron chi connectivity index (χ0n) is 23.6. The smallest absolute Gasteiger partial charge is 0.305 e. The van der Waals surface area contributed by atoms with Gasteiger partial charge in [0.25, 0.3) is 0 Å². The molecular formula is C28H55NO7. The molecule has 1 N–H and O–H groups in total. The van der Waals surface area contributed by atoms with Crippen molar-refractivity contribution in [3.8, 4) is 0 Å². The third-order valence-electron chi connectivity index (χ3n) is 6.08. The fraction of sp³-hybridized carbons (Fsp3) is 0.929. The van der Waals surface area contributed by atoms with Gasteiger partial charge in [-0.15, -0.1) is 0 Å². The average molecular weight is 518 g/mol. The number of esters is 1. The van der Waals surface area contributed by atoms with E-state index in [-0.39, 0.29) is 25.8 Å². The fourth-order valence-corrected chi connectivity index (χ4v) is 3.77. The van der Waals surface area contributed by atoms with E-state index >= 15 is 0 Å². The second-order valence-electron chi connectivity index (χ2n) is 10.9. The van der Waals surface area contributed by atoms with Crippen LogP contribution in [0.15, 0.2) is 0 Å². The molecule has 0 amide bonds. The molecule has 214 valence electrons. The van der Waals surface area contributed by atoms with Gasteiger partial charge in [-0.2, -0.15) is 0 Å². The molecule has 2 unspecified atom stereocenters. The highest BCUT2D eigenvalue weighted by molar-refractivity contribution is 5.69. The Morgan fingerprint density at radius 3 is 1.67 bits per heavy atom. The SMILES string of the molecule is CCCCCCCCCCCCCCCCCC(=O)OCC(O)COC(OCC[N+](C)(C)C)C(=O)[O-]. The number of unbranched alkanes of at least 4 members (excludes halogenated alkanes) is 14. The van der Waals surface area contributed by atoms with Crippen LogP contribution in [0.4, 0.5) is 0 Å². The number of aliphatic hydroxyl groups excluding tert-OH is 1. The van der Waals surface area contributed by atoms with Gasteiger partial charge in [0.1, 0.15) is 19.3 Å². The van der Waals surface area contributed by atoms with Crippen LogP contribution in [0.2, 0.25) is 0 Å². The van der Waals surface area contributed by atoms with Gasteiger partial charge < -0.3 is 33.7 Å². The predicted octanol–water partition coefficient (Wildman–Crippen LogP) is 3.97. The van der Waals surface area contributed by atoms with Gasteiger partial charge in [0.2, 0.25) is 0 Å². The lowest BCUT2D eigenvalue weighted by atomic mass is 10.0. The van der Waals surface area contributed by atoms with Crippen molar-refractivity contribution in [3.05, 3.63) is 0 Å². The predicted molar refractivity (Wildman–Crippen MR) is 140 cm³/mol. The van der Waals surface area contributed by atoms with Crippen LogP contribution < -0.4 is 5.11 Å². The van der Waals surface area contributed by atoms with E-state index in [9.17, 15) is 19.8 Å². The molecular weight excluding hydrogens is 462 g/mol. The number of aliphatic carboxylic acids is 1. The molecule has 0 aliphatic heterocycles. The molecule has 0 aromatic rings. The van der Waals surface area contributed by atoms with Crippen molar-refractivity contribution in [1.29, 1.82) is 0 Å². The highest BCUT2D eigenvalue weighted by Crippen LogP contribution is 2.14. The molecule has 8 nitrogen and oxygen atoms in total. The van der Waals surface area contributed by atoms with E-state index in [1.54, 1.807) is 0 Å². The Bertz CT molecular complexity index is 536. The largest absolute Gasteiger partial charge is 0.545 e. The van der Waals surface area contributed by atoms with Gasteiger partial charge in [-0.25, -0.2) is 0 Å². The minimum atomic E-state index is -1.57. The van der Waals surface area contributed by atoms with Crippen molar-refractivity contribution in [2.75, 3.05) is 47.5 Å². The Kier molecular flexibility index (Phi) is 22.2. The molecule has 0 aliphatic rings. The van der Waals surface area contributed by atoms with Crippen molar-refractivity contribution in [2.24, 2.45) is 0 Å². The molecule has 8 heteroatoms. The first kappa shape index (κ1) is 34.8. The number of carboxylic acids is 1. The number of carbonyl (C=O) groups is 2. The van der Waals surface area contributed by atoms with E-state index in [0.717, 1.165) is 19.3 Å².